The van der Waals surface area contributed by atoms with Crippen LogP contribution in [0.4, 0.5) is 11.4 Å². The molecule has 0 aliphatic carbocycles. The van der Waals surface area contributed by atoms with E-state index >= 15 is 0 Å². The Morgan fingerprint density at radius 2 is 1.84 bits per heavy atom. The summed E-state index contributed by atoms with van der Waals surface area (Å²) in [6.07, 6.45) is 0. The van der Waals surface area contributed by atoms with Crippen molar-refractivity contribution in [3.8, 4) is 0 Å². The SMILES string of the molecule is CCNS(=O)(=O)N1CCN(c2ccccc2N)CC1. The van der Waals surface area contributed by atoms with E-state index in [1.807, 2.05) is 24.3 Å². The molecule has 0 spiro atoms. The van der Waals surface area contributed by atoms with Crippen molar-refractivity contribution in [3.05, 3.63) is 24.3 Å². The lowest BCUT2D eigenvalue weighted by Crippen LogP contribution is -2.52. The van der Waals surface area contributed by atoms with Gasteiger partial charge in [0.15, 0.2) is 0 Å². The quantitative estimate of drug-likeness (QED) is 0.777. The molecule has 1 heterocycles. The minimum atomic E-state index is -3.32. The average molecular weight is 284 g/mol. The van der Waals surface area contributed by atoms with Crippen LogP contribution in [0.3, 0.4) is 0 Å². The Bertz CT molecular complexity index is 524. The van der Waals surface area contributed by atoms with Gasteiger partial charge in [0, 0.05) is 32.7 Å². The van der Waals surface area contributed by atoms with Crippen molar-refractivity contribution in [2.24, 2.45) is 0 Å². The summed E-state index contributed by atoms with van der Waals surface area (Å²) >= 11 is 0. The van der Waals surface area contributed by atoms with Crippen molar-refractivity contribution in [1.82, 2.24) is 9.03 Å². The van der Waals surface area contributed by atoms with Gasteiger partial charge in [0.1, 0.15) is 0 Å². The fourth-order valence-corrected chi connectivity index (χ4v) is 3.41. The standard InChI is InChI=1S/C12H20N4O2S/c1-2-14-19(17,18)16-9-7-15(8-10-16)12-6-4-3-5-11(12)13/h3-6,14H,2,7-10,13H2,1H3. The van der Waals surface area contributed by atoms with Gasteiger partial charge in [-0.1, -0.05) is 19.1 Å². The van der Waals surface area contributed by atoms with Crippen molar-refractivity contribution in [2.45, 2.75) is 6.92 Å². The summed E-state index contributed by atoms with van der Waals surface area (Å²) in [4.78, 5) is 2.12. The summed E-state index contributed by atoms with van der Waals surface area (Å²) in [5.41, 5.74) is 7.64. The van der Waals surface area contributed by atoms with Crippen LogP contribution in [0.2, 0.25) is 0 Å². The van der Waals surface area contributed by atoms with Crippen LogP contribution in [0, 0.1) is 0 Å². The summed E-state index contributed by atoms with van der Waals surface area (Å²) in [7, 11) is -3.32. The fraction of sp³-hybridized carbons (Fsp3) is 0.500. The van der Waals surface area contributed by atoms with Gasteiger partial charge in [-0.25, -0.2) is 4.72 Å². The molecule has 19 heavy (non-hydrogen) atoms. The lowest BCUT2D eigenvalue weighted by atomic mass is 10.2. The van der Waals surface area contributed by atoms with Gasteiger partial charge in [-0.3, -0.25) is 0 Å². The zero-order valence-corrected chi connectivity index (χ0v) is 11.9. The minimum absolute atomic E-state index is 0.411. The van der Waals surface area contributed by atoms with E-state index in [1.54, 1.807) is 6.92 Å². The molecule has 0 aromatic heterocycles. The number of nitrogens with two attached hydrogens (primary N) is 1. The lowest BCUT2D eigenvalue weighted by Gasteiger charge is -2.35. The van der Waals surface area contributed by atoms with Gasteiger partial charge in [0.2, 0.25) is 0 Å². The topological polar surface area (TPSA) is 78.7 Å². The summed E-state index contributed by atoms with van der Waals surface area (Å²) < 4.78 is 27.7. The van der Waals surface area contributed by atoms with E-state index < -0.39 is 10.2 Å². The molecule has 106 valence electrons. The molecule has 7 heteroatoms. The first-order valence-electron chi connectivity index (χ1n) is 6.39. The van der Waals surface area contributed by atoms with E-state index in [1.165, 1.54) is 4.31 Å². The molecule has 1 aliphatic heterocycles. The Morgan fingerprint density at radius 1 is 1.21 bits per heavy atom. The number of hydrogen-bond acceptors (Lipinski definition) is 4. The van der Waals surface area contributed by atoms with Crippen LogP contribution in [0.5, 0.6) is 0 Å². The molecule has 0 amide bonds. The summed E-state index contributed by atoms with van der Waals surface area (Å²) in [6.45, 7) is 4.44. The third-order valence-electron chi connectivity index (χ3n) is 3.18. The van der Waals surface area contributed by atoms with Crippen LogP contribution in [0.15, 0.2) is 24.3 Å². The zero-order chi connectivity index (χ0) is 13.9. The number of hydrogen-bond donors (Lipinski definition) is 2. The van der Waals surface area contributed by atoms with Crippen molar-refractivity contribution in [2.75, 3.05) is 43.4 Å². The van der Waals surface area contributed by atoms with Gasteiger partial charge >= 0.3 is 0 Å². The lowest BCUT2D eigenvalue weighted by molar-refractivity contribution is 0.379. The highest BCUT2D eigenvalue weighted by Gasteiger charge is 2.26. The van der Waals surface area contributed by atoms with Crippen LogP contribution in [0.1, 0.15) is 6.92 Å². The Kier molecular flexibility index (Phi) is 4.28. The van der Waals surface area contributed by atoms with Crippen molar-refractivity contribution in [1.29, 1.82) is 0 Å². The highest BCUT2D eigenvalue weighted by atomic mass is 32.2. The monoisotopic (exact) mass is 284 g/mol. The average Bonchev–Trinajstić information content (AvgIpc) is 2.39. The maximum Gasteiger partial charge on any atom is 0.279 e. The molecule has 0 atom stereocenters. The maximum absolute atomic E-state index is 11.9. The van der Waals surface area contributed by atoms with Gasteiger partial charge in [-0.2, -0.15) is 12.7 Å². The molecule has 1 fully saturated rings. The predicted octanol–water partition coefficient (Wildman–Crippen LogP) is 0.245. The normalized spacial score (nSPS) is 17.6. The second-order valence-electron chi connectivity index (χ2n) is 4.45. The number of nitrogens with one attached hydrogen (secondary N) is 1. The van der Waals surface area contributed by atoms with E-state index in [0.717, 1.165) is 11.4 Å². The van der Waals surface area contributed by atoms with Gasteiger partial charge < -0.3 is 10.6 Å². The van der Waals surface area contributed by atoms with Gasteiger partial charge in [-0.05, 0) is 12.1 Å². The van der Waals surface area contributed by atoms with Crippen LogP contribution >= 0.6 is 0 Å². The van der Waals surface area contributed by atoms with Crippen molar-refractivity contribution >= 4 is 21.6 Å². The van der Waals surface area contributed by atoms with Crippen LogP contribution in [-0.4, -0.2) is 45.4 Å². The molecule has 1 aliphatic rings. The first-order valence-corrected chi connectivity index (χ1v) is 7.83. The third-order valence-corrected chi connectivity index (χ3v) is 4.88. The summed E-state index contributed by atoms with van der Waals surface area (Å²) in [6, 6.07) is 7.65. The number of nitrogen functional groups attached to an aromatic ring is 1. The van der Waals surface area contributed by atoms with Crippen molar-refractivity contribution in [3.63, 3.8) is 0 Å². The molecule has 1 aromatic carbocycles. The molecule has 1 aromatic rings. The number of para-hydroxylation sites is 2. The van der Waals surface area contributed by atoms with Gasteiger partial charge in [0.25, 0.3) is 10.2 Å². The van der Waals surface area contributed by atoms with Crippen LogP contribution in [-0.2, 0) is 10.2 Å². The Balaban J connectivity index is 2.02. The molecule has 0 bridgehead atoms. The molecular weight excluding hydrogens is 264 g/mol. The molecule has 0 unspecified atom stereocenters. The first kappa shape index (κ1) is 14.1. The zero-order valence-electron chi connectivity index (χ0n) is 11.0. The second-order valence-corrected chi connectivity index (χ2v) is 6.20. The molecule has 6 nitrogen and oxygen atoms in total. The van der Waals surface area contributed by atoms with Crippen LogP contribution in [0.25, 0.3) is 0 Å². The maximum atomic E-state index is 11.9. The van der Waals surface area contributed by atoms with Crippen molar-refractivity contribution < 1.29 is 8.42 Å². The molecule has 0 saturated carbocycles. The van der Waals surface area contributed by atoms with Gasteiger partial charge in [0.05, 0.1) is 11.4 Å². The van der Waals surface area contributed by atoms with Gasteiger partial charge in [-0.15, -0.1) is 0 Å². The molecule has 1 saturated heterocycles. The number of nitrogens with zero attached hydrogens (tertiary/aromatic N) is 2. The fourth-order valence-electron chi connectivity index (χ4n) is 2.22. The molecule has 2 rings (SSSR count). The summed E-state index contributed by atoms with van der Waals surface area (Å²) in [5.74, 6) is 0. The minimum Gasteiger partial charge on any atom is -0.397 e. The summed E-state index contributed by atoms with van der Waals surface area (Å²) in [5, 5.41) is 0. The van der Waals surface area contributed by atoms with E-state index in [2.05, 4.69) is 9.62 Å². The third kappa shape index (κ3) is 3.17. The Morgan fingerprint density at radius 3 is 2.42 bits per heavy atom. The highest BCUT2D eigenvalue weighted by Crippen LogP contribution is 2.23. The number of anilines is 2. The first-order chi connectivity index (χ1) is 9.04. The Labute approximate surface area is 114 Å². The van der Waals surface area contributed by atoms with E-state index in [-0.39, 0.29) is 0 Å². The number of piperazine rings is 1. The Hall–Kier alpha value is -1.31. The smallest absolute Gasteiger partial charge is 0.279 e. The van der Waals surface area contributed by atoms with E-state index in [4.69, 9.17) is 5.73 Å². The molecule has 0 radical (unpaired) electrons. The van der Waals surface area contributed by atoms with Crippen LogP contribution < -0.4 is 15.4 Å². The van der Waals surface area contributed by atoms with E-state index in [0.29, 0.717) is 32.7 Å². The predicted molar refractivity (Wildman–Crippen MR) is 77.2 cm³/mol. The second kappa shape index (κ2) is 5.77. The largest absolute Gasteiger partial charge is 0.397 e. The highest BCUT2D eigenvalue weighted by molar-refractivity contribution is 7.87. The molecular formula is C12H20N4O2S. The van der Waals surface area contributed by atoms with E-state index in [9.17, 15) is 8.42 Å². The number of benzene rings is 1. The molecule has 3 N–H and O–H groups in total. The number of rotatable bonds is 4.